The van der Waals surface area contributed by atoms with Crippen LogP contribution in [-0.4, -0.2) is 29.3 Å². The number of carboxylic acid groups (broad SMARTS) is 1. The maximum Gasteiger partial charge on any atom is 0.323 e. The number of carboxylic acids is 1. The number of halogens is 1. The first-order valence-corrected chi connectivity index (χ1v) is 7.46. The Morgan fingerprint density at radius 3 is 2.76 bits per heavy atom. The van der Waals surface area contributed by atoms with E-state index in [0.29, 0.717) is 31.9 Å². The number of carbonyl (C=O) groups is 1. The molecule has 0 aliphatic heterocycles. The van der Waals surface area contributed by atoms with E-state index in [0.717, 1.165) is 12.8 Å². The zero-order valence-corrected chi connectivity index (χ0v) is 12.3. The number of rotatable bonds is 9. The van der Waals surface area contributed by atoms with E-state index in [4.69, 9.17) is 4.74 Å². The summed E-state index contributed by atoms with van der Waals surface area (Å²) in [4.78, 5) is 11.6. The molecule has 1 unspecified atom stereocenters. The van der Waals surface area contributed by atoms with Gasteiger partial charge >= 0.3 is 5.97 Å². The molecule has 0 spiro atoms. The Morgan fingerprint density at radius 2 is 2.19 bits per heavy atom. The smallest absolute Gasteiger partial charge is 0.323 e. The SMILES string of the molecule is CCC(CCCOc1ccccc1F)(NC1CC1)C(=O)O. The lowest BCUT2D eigenvalue weighted by Gasteiger charge is -2.29. The van der Waals surface area contributed by atoms with Gasteiger partial charge in [0.2, 0.25) is 0 Å². The van der Waals surface area contributed by atoms with E-state index in [-0.39, 0.29) is 5.75 Å². The van der Waals surface area contributed by atoms with Gasteiger partial charge < -0.3 is 9.84 Å². The van der Waals surface area contributed by atoms with Gasteiger partial charge in [-0.05, 0) is 44.2 Å². The van der Waals surface area contributed by atoms with Crippen molar-refractivity contribution in [2.45, 2.75) is 50.6 Å². The number of benzene rings is 1. The summed E-state index contributed by atoms with van der Waals surface area (Å²) in [5.74, 6) is -0.999. The van der Waals surface area contributed by atoms with E-state index in [1.165, 1.54) is 6.07 Å². The number of nitrogens with one attached hydrogen (secondary N) is 1. The van der Waals surface area contributed by atoms with Gasteiger partial charge in [0, 0.05) is 6.04 Å². The molecule has 116 valence electrons. The maximum absolute atomic E-state index is 13.4. The predicted octanol–water partition coefficient (Wildman–Crippen LogP) is 2.97. The van der Waals surface area contributed by atoms with Gasteiger partial charge in [-0.2, -0.15) is 0 Å². The molecule has 1 aromatic carbocycles. The molecular weight excluding hydrogens is 273 g/mol. The molecule has 1 aliphatic carbocycles. The first kappa shape index (κ1) is 15.8. The van der Waals surface area contributed by atoms with E-state index in [2.05, 4.69) is 5.32 Å². The lowest BCUT2D eigenvalue weighted by atomic mass is 9.90. The molecule has 1 atom stereocenters. The highest BCUT2D eigenvalue weighted by molar-refractivity contribution is 5.78. The molecule has 21 heavy (non-hydrogen) atoms. The van der Waals surface area contributed by atoms with Crippen molar-refractivity contribution < 1.29 is 19.0 Å². The molecule has 1 aromatic rings. The van der Waals surface area contributed by atoms with Gasteiger partial charge in [0.25, 0.3) is 0 Å². The highest BCUT2D eigenvalue weighted by atomic mass is 19.1. The van der Waals surface area contributed by atoms with Crippen LogP contribution in [0.2, 0.25) is 0 Å². The van der Waals surface area contributed by atoms with E-state index < -0.39 is 17.3 Å². The average molecular weight is 295 g/mol. The minimum atomic E-state index is -0.889. The fourth-order valence-corrected chi connectivity index (χ4v) is 2.41. The molecule has 1 saturated carbocycles. The van der Waals surface area contributed by atoms with Crippen LogP contribution >= 0.6 is 0 Å². The van der Waals surface area contributed by atoms with Crippen LogP contribution in [0.25, 0.3) is 0 Å². The summed E-state index contributed by atoms with van der Waals surface area (Å²) in [5, 5.41) is 12.7. The normalized spacial score (nSPS) is 17.2. The minimum Gasteiger partial charge on any atom is -0.491 e. The Hall–Kier alpha value is -1.62. The van der Waals surface area contributed by atoms with Crippen LogP contribution in [-0.2, 0) is 4.79 Å². The van der Waals surface area contributed by atoms with Crippen molar-refractivity contribution in [3.05, 3.63) is 30.1 Å². The van der Waals surface area contributed by atoms with Gasteiger partial charge in [-0.15, -0.1) is 0 Å². The number of hydrogen-bond donors (Lipinski definition) is 2. The zero-order chi connectivity index (χ0) is 15.3. The molecular formula is C16H22FNO3. The second-order valence-corrected chi connectivity index (χ2v) is 5.54. The Labute approximate surface area is 124 Å². The summed E-state index contributed by atoms with van der Waals surface area (Å²) in [7, 11) is 0. The average Bonchev–Trinajstić information content (AvgIpc) is 3.27. The quantitative estimate of drug-likeness (QED) is 0.688. The monoisotopic (exact) mass is 295 g/mol. The lowest BCUT2D eigenvalue weighted by molar-refractivity contribution is -0.145. The molecule has 0 bridgehead atoms. The van der Waals surface area contributed by atoms with Gasteiger partial charge in [0.05, 0.1) is 6.61 Å². The molecule has 0 saturated heterocycles. The first-order chi connectivity index (χ1) is 10.1. The minimum absolute atomic E-state index is 0.213. The van der Waals surface area contributed by atoms with Crippen molar-refractivity contribution in [1.29, 1.82) is 0 Å². The molecule has 1 fully saturated rings. The second-order valence-electron chi connectivity index (χ2n) is 5.54. The lowest BCUT2D eigenvalue weighted by Crippen LogP contribution is -2.52. The molecule has 1 aliphatic rings. The molecule has 0 amide bonds. The van der Waals surface area contributed by atoms with Crippen molar-refractivity contribution in [1.82, 2.24) is 5.32 Å². The maximum atomic E-state index is 13.4. The summed E-state index contributed by atoms with van der Waals surface area (Å²) >= 11 is 0. The Bertz CT molecular complexity index is 490. The molecule has 0 heterocycles. The molecule has 2 N–H and O–H groups in total. The third-order valence-electron chi connectivity index (χ3n) is 3.91. The number of ether oxygens (including phenoxy) is 1. The highest BCUT2D eigenvalue weighted by Gasteiger charge is 2.40. The number of para-hydroxylation sites is 1. The van der Waals surface area contributed by atoms with Gasteiger partial charge in [-0.1, -0.05) is 19.1 Å². The molecule has 5 heteroatoms. The zero-order valence-electron chi connectivity index (χ0n) is 12.3. The fourth-order valence-electron chi connectivity index (χ4n) is 2.41. The Morgan fingerprint density at radius 1 is 1.48 bits per heavy atom. The van der Waals surface area contributed by atoms with Crippen LogP contribution in [0.15, 0.2) is 24.3 Å². The van der Waals surface area contributed by atoms with Gasteiger partial charge in [-0.3, -0.25) is 10.1 Å². The van der Waals surface area contributed by atoms with Gasteiger partial charge in [-0.25, -0.2) is 4.39 Å². The summed E-state index contributed by atoms with van der Waals surface area (Å²) in [6.07, 6.45) is 3.65. The van der Waals surface area contributed by atoms with Crippen molar-refractivity contribution in [3.63, 3.8) is 0 Å². The molecule has 4 nitrogen and oxygen atoms in total. The summed E-state index contributed by atoms with van der Waals surface area (Å²) in [6.45, 7) is 2.18. The Balaban J connectivity index is 1.84. The standard InChI is InChI=1S/C16H22FNO3/c1-2-16(15(19)20,18-12-8-9-12)10-5-11-21-14-7-4-3-6-13(14)17/h3-4,6-7,12,18H,2,5,8-11H2,1H3,(H,19,20). The van der Waals surface area contributed by atoms with E-state index in [9.17, 15) is 14.3 Å². The van der Waals surface area contributed by atoms with Crippen molar-refractivity contribution in [3.8, 4) is 5.75 Å². The van der Waals surface area contributed by atoms with E-state index in [1.807, 2.05) is 6.92 Å². The third-order valence-corrected chi connectivity index (χ3v) is 3.91. The second kappa shape index (κ2) is 6.89. The van der Waals surface area contributed by atoms with Crippen LogP contribution in [0.4, 0.5) is 4.39 Å². The first-order valence-electron chi connectivity index (χ1n) is 7.46. The van der Waals surface area contributed by atoms with Crippen LogP contribution in [0.3, 0.4) is 0 Å². The van der Waals surface area contributed by atoms with Crippen molar-refractivity contribution >= 4 is 5.97 Å². The predicted molar refractivity (Wildman–Crippen MR) is 77.9 cm³/mol. The summed E-state index contributed by atoms with van der Waals surface area (Å²) in [6, 6.07) is 6.56. The van der Waals surface area contributed by atoms with Crippen LogP contribution in [0.1, 0.15) is 39.0 Å². The van der Waals surface area contributed by atoms with Crippen molar-refractivity contribution in [2.24, 2.45) is 0 Å². The van der Waals surface area contributed by atoms with Crippen LogP contribution in [0.5, 0.6) is 5.75 Å². The number of hydrogen-bond acceptors (Lipinski definition) is 3. The van der Waals surface area contributed by atoms with Gasteiger partial charge in [0.15, 0.2) is 11.6 Å². The largest absolute Gasteiger partial charge is 0.491 e. The van der Waals surface area contributed by atoms with E-state index in [1.54, 1.807) is 18.2 Å². The van der Waals surface area contributed by atoms with Crippen LogP contribution < -0.4 is 10.1 Å². The number of aliphatic carboxylic acids is 1. The highest BCUT2D eigenvalue weighted by Crippen LogP contribution is 2.27. The molecule has 0 radical (unpaired) electrons. The van der Waals surface area contributed by atoms with Crippen LogP contribution in [0, 0.1) is 5.82 Å². The van der Waals surface area contributed by atoms with Gasteiger partial charge in [0.1, 0.15) is 5.54 Å². The fraction of sp³-hybridized carbons (Fsp3) is 0.562. The summed E-state index contributed by atoms with van der Waals surface area (Å²) < 4.78 is 18.8. The van der Waals surface area contributed by atoms with E-state index >= 15 is 0 Å². The summed E-state index contributed by atoms with van der Waals surface area (Å²) in [5.41, 5.74) is -0.889. The van der Waals surface area contributed by atoms with Crippen molar-refractivity contribution in [2.75, 3.05) is 6.61 Å². The Kier molecular flexibility index (Phi) is 5.17. The molecule has 0 aromatic heterocycles. The topological polar surface area (TPSA) is 58.6 Å². The molecule has 2 rings (SSSR count). The third kappa shape index (κ3) is 4.17.